The molecule has 2 heterocycles. The molecule has 0 radical (unpaired) electrons. The summed E-state index contributed by atoms with van der Waals surface area (Å²) in [5.41, 5.74) is 0.0775. The minimum Gasteiger partial charge on any atom is -0.390 e. The second-order valence-electron chi connectivity index (χ2n) is 4.99. The lowest BCUT2D eigenvalue weighted by Crippen LogP contribution is -2.48. The maximum absolute atomic E-state index is 9.71. The molecule has 0 unspecified atom stereocenters. The normalized spacial score (nSPS) is 26.9. The minimum atomic E-state index is -0.564. The molecule has 0 aromatic carbocycles. The van der Waals surface area contributed by atoms with Crippen LogP contribution in [0.3, 0.4) is 0 Å². The predicted octanol–water partition coefficient (Wildman–Crippen LogP) is 2.00. The molecule has 0 atom stereocenters. The zero-order chi connectivity index (χ0) is 12.8. The zero-order valence-corrected chi connectivity index (χ0v) is 10.6. The minimum absolute atomic E-state index is 0.221. The van der Waals surface area contributed by atoms with Crippen LogP contribution < -0.4 is 5.32 Å². The van der Waals surface area contributed by atoms with E-state index in [2.05, 4.69) is 20.5 Å². The zero-order valence-electron chi connectivity index (χ0n) is 9.89. The standard InChI is InChI=1S/C12H13ClN4O/c1-12(18)5-7(6-12)15-11-8-3-2-4-14-9(8)10(13)16-17-11/h2-4,7,18H,5-6H2,1H3,(H,15,17). The van der Waals surface area contributed by atoms with Crippen LogP contribution in [0.1, 0.15) is 19.8 Å². The molecule has 1 aliphatic rings. The molecule has 2 aromatic rings. The highest BCUT2D eigenvalue weighted by Crippen LogP contribution is 2.34. The average molecular weight is 265 g/mol. The molecule has 1 fully saturated rings. The summed E-state index contributed by atoms with van der Waals surface area (Å²) in [4.78, 5) is 4.20. The van der Waals surface area contributed by atoms with Gasteiger partial charge in [0.15, 0.2) is 11.0 Å². The molecular formula is C12H13ClN4O. The maximum Gasteiger partial charge on any atom is 0.178 e. The van der Waals surface area contributed by atoms with Gasteiger partial charge in [-0.05, 0) is 31.9 Å². The van der Waals surface area contributed by atoms with E-state index in [4.69, 9.17) is 11.6 Å². The predicted molar refractivity (Wildman–Crippen MR) is 69.6 cm³/mol. The van der Waals surface area contributed by atoms with E-state index in [-0.39, 0.29) is 6.04 Å². The Morgan fingerprint density at radius 3 is 2.94 bits per heavy atom. The van der Waals surface area contributed by atoms with Crippen LogP contribution >= 0.6 is 11.6 Å². The van der Waals surface area contributed by atoms with E-state index in [0.29, 0.717) is 29.3 Å². The van der Waals surface area contributed by atoms with E-state index < -0.39 is 5.60 Å². The Kier molecular flexibility index (Phi) is 2.60. The van der Waals surface area contributed by atoms with Crippen LogP contribution in [0.4, 0.5) is 5.82 Å². The molecular weight excluding hydrogens is 252 g/mol. The van der Waals surface area contributed by atoms with Crippen LogP contribution in [0, 0.1) is 0 Å². The lowest BCUT2D eigenvalue weighted by molar-refractivity contribution is -0.0235. The Morgan fingerprint density at radius 1 is 1.44 bits per heavy atom. The number of hydrogen-bond donors (Lipinski definition) is 2. The first kappa shape index (κ1) is 11.6. The van der Waals surface area contributed by atoms with Gasteiger partial charge in [-0.15, -0.1) is 10.2 Å². The molecule has 1 saturated carbocycles. The summed E-state index contributed by atoms with van der Waals surface area (Å²) < 4.78 is 0. The molecule has 0 bridgehead atoms. The third-order valence-corrected chi connectivity index (χ3v) is 3.46. The van der Waals surface area contributed by atoms with Gasteiger partial charge in [0.05, 0.1) is 5.60 Å². The van der Waals surface area contributed by atoms with Crippen LogP contribution in [0.5, 0.6) is 0 Å². The van der Waals surface area contributed by atoms with Gasteiger partial charge in [-0.3, -0.25) is 4.98 Å². The van der Waals surface area contributed by atoms with Gasteiger partial charge in [-0.2, -0.15) is 0 Å². The molecule has 2 aromatic heterocycles. The number of halogens is 1. The van der Waals surface area contributed by atoms with Gasteiger partial charge >= 0.3 is 0 Å². The van der Waals surface area contributed by atoms with Crippen LogP contribution in [-0.4, -0.2) is 31.9 Å². The Balaban J connectivity index is 1.91. The van der Waals surface area contributed by atoms with E-state index >= 15 is 0 Å². The van der Waals surface area contributed by atoms with Crippen LogP contribution in [0.2, 0.25) is 5.15 Å². The number of pyridine rings is 1. The number of rotatable bonds is 2. The second kappa shape index (κ2) is 4.03. The average Bonchev–Trinajstić information content (AvgIpc) is 2.31. The molecule has 3 rings (SSSR count). The lowest BCUT2D eigenvalue weighted by Gasteiger charge is -2.41. The summed E-state index contributed by atoms with van der Waals surface area (Å²) in [5, 5.41) is 22.1. The summed E-state index contributed by atoms with van der Waals surface area (Å²) in [6.07, 6.45) is 3.09. The topological polar surface area (TPSA) is 70.9 Å². The fourth-order valence-corrected chi connectivity index (χ4v) is 2.55. The molecule has 94 valence electrons. The van der Waals surface area contributed by atoms with Crippen molar-refractivity contribution >= 4 is 28.3 Å². The number of nitrogens with one attached hydrogen (secondary N) is 1. The van der Waals surface area contributed by atoms with Crippen molar-refractivity contribution in [2.45, 2.75) is 31.4 Å². The van der Waals surface area contributed by atoms with Gasteiger partial charge in [0.1, 0.15) is 5.52 Å². The molecule has 0 saturated heterocycles. The molecule has 1 aliphatic carbocycles. The number of hydrogen-bond acceptors (Lipinski definition) is 5. The summed E-state index contributed by atoms with van der Waals surface area (Å²) in [6.45, 7) is 1.83. The summed E-state index contributed by atoms with van der Waals surface area (Å²) in [5.74, 6) is 0.669. The van der Waals surface area contributed by atoms with E-state index in [0.717, 1.165) is 5.39 Å². The van der Waals surface area contributed by atoms with E-state index in [9.17, 15) is 5.11 Å². The van der Waals surface area contributed by atoms with Crippen molar-refractivity contribution in [2.75, 3.05) is 5.32 Å². The summed E-state index contributed by atoms with van der Waals surface area (Å²) in [7, 11) is 0. The highest BCUT2D eigenvalue weighted by molar-refractivity contribution is 6.33. The highest BCUT2D eigenvalue weighted by atomic mass is 35.5. The first-order valence-corrected chi connectivity index (χ1v) is 6.19. The molecule has 0 aliphatic heterocycles. The van der Waals surface area contributed by atoms with Gasteiger partial charge in [-0.1, -0.05) is 11.6 Å². The number of anilines is 1. The van der Waals surface area contributed by atoms with Gasteiger partial charge in [0, 0.05) is 17.6 Å². The van der Waals surface area contributed by atoms with Gasteiger partial charge in [-0.25, -0.2) is 0 Å². The summed E-state index contributed by atoms with van der Waals surface area (Å²) >= 11 is 5.95. The van der Waals surface area contributed by atoms with E-state index in [1.807, 2.05) is 19.1 Å². The van der Waals surface area contributed by atoms with Crippen molar-refractivity contribution in [3.8, 4) is 0 Å². The Hall–Kier alpha value is -1.46. The van der Waals surface area contributed by atoms with E-state index in [1.54, 1.807) is 6.20 Å². The second-order valence-corrected chi connectivity index (χ2v) is 5.34. The largest absolute Gasteiger partial charge is 0.390 e. The monoisotopic (exact) mass is 264 g/mol. The third kappa shape index (κ3) is 2.00. The van der Waals surface area contributed by atoms with Crippen molar-refractivity contribution in [3.05, 3.63) is 23.5 Å². The Labute approximate surface area is 109 Å². The number of aliphatic hydroxyl groups is 1. The first-order chi connectivity index (χ1) is 8.55. The lowest BCUT2D eigenvalue weighted by atomic mass is 9.77. The van der Waals surface area contributed by atoms with Crippen LogP contribution in [-0.2, 0) is 0 Å². The highest BCUT2D eigenvalue weighted by Gasteiger charge is 2.38. The van der Waals surface area contributed by atoms with Crippen molar-refractivity contribution < 1.29 is 5.11 Å². The van der Waals surface area contributed by atoms with Crippen LogP contribution in [0.15, 0.2) is 18.3 Å². The maximum atomic E-state index is 9.71. The van der Waals surface area contributed by atoms with Crippen molar-refractivity contribution in [2.24, 2.45) is 0 Å². The number of fused-ring (bicyclic) bond motifs is 1. The molecule has 0 spiro atoms. The molecule has 6 heteroatoms. The number of nitrogens with zero attached hydrogens (tertiary/aromatic N) is 3. The van der Waals surface area contributed by atoms with Gasteiger partial charge < -0.3 is 10.4 Å². The fraction of sp³-hybridized carbons (Fsp3) is 0.417. The number of aromatic nitrogens is 3. The van der Waals surface area contributed by atoms with E-state index in [1.165, 1.54) is 0 Å². The van der Waals surface area contributed by atoms with Crippen molar-refractivity contribution in [3.63, 3.8) is 0 Å². The Morgan fingerprint density at radius 2 is 2.22 bits per heavy atom. The van der Waals surface area contributed by atoms with Crippen molar-refractivity contribution in [1.82, 2.24) is 15.2 Å². The fourth-order valence-electron chi connectivity index (χ4n) is 2.36. The molecule has 0 amide bonds. The third-order valence-electron chi connectivity index (χ3n) is 3.21. The van der Waals surface area contributed by atoms with Gasteiger partial charge in [0.25, 0.3) is 0 Å². The van der Waals surface area contributed by atoms with Gasteiger partial charge in [0.2, 0.25) is 0 Å². The van der Waals surface area contributed by atoms with Crippen molar-refractivity contribution in [1.29, 1.82) is 0 Å². The Bertz CT molecular complexity index is 594. The first-order valence-electron chi connectivity index (χ1n) is 5.81. The molecule has 18 heavy (non-hydrogen) atoms. The quantitative estimate of drug-likeness (QED) is 0.868. The smallest absolute Gasteiger partial charge is 0.178 e. The van der Waals surface area contributed by atoms with Crippen LogP contribution in [0.25, 0.3) is 10.9 Å². The molecule has 2 N–H and O–H groups in total. The summed E-state index contributed by atoms with van der Waals surface area (Å²) in [6, 6.07) is 3.96. The molecule has 5 nitrogen and oxygen atoms in total. The SMILES string of the molecule is CC1(O)CC(Nc2nnc(Cl)c3ncccc23)C1.